The zero-order valence-electron chi connectivity index (χ0n) is 9.88. The number of anilines is 1. The van der Waals surface area contributed by atoms with Crippen LogP contribution in [0.5, 0.6) is 0 Å². The summed E-state index contributed by atoms with van der Waals surface area (Å²) in [5.41, 5.74) is 8.35. The molecule has 17 heavy (non-hydrogen) atoms. The fourth-order valence-electron chi connectivity index (χ4n) is 1.52. The van der Waals surface area contributed by atoms with Crippen molar-refractivity contribution in [2.24, 2.45) is 17.8 Å². The molecule has 0 fully saturated rings. The quantitative estimate of drug-likeness (QED) is 0.609. The second kappa shape index (κ2) is 4.69. The first kappa shape index (κ1) is 11.2. The molecule has 0 bridgehead atoms. The van der Waals surface area contributed by atoms with Gasteiger partial charge in [-0.2, -0.15) is 5.10 Å². The van der Waals surface area contributed by atoms with Gasteiger partial charge in [0.1, 0.15) is 5.69 Å². The van der Waals surface area contributed by atoms with Gasteiger partial charge in [-0.3, -0.25) is 4.68 Å². The highest BCUT2D eigenvalue weighted by Gasteiger charge is 2.02. The van der Waals surface area contributed by atoms with Crippen molar-refractivity contribution in [2.45, 2.75) is 6.92 Å². The molecule has 0 aliphatic heterocycles. The smallest absolute Gasteiger partial charge is 0.198 e. The molecule has 5 heteroatoms. The minimum atomic E-state index is 0.354. The molecule has 0 atom stereocenters. The van der Waals surface area contributed by atoms with Crippen molar-refractivity contribution in [1.82, 2.24) is 9.78 Å². The molecule has 0 spiro atoms. The normalized spacial score (nSPS) is 11.5. The van der Waals surface area contributed by atoms with E-state index in [4.69, 9.17) is 5.73 Å². The topological polar surface area (TPSA) is 68.2 Å². The monoisotopic (exact) mass is 229 g/mol. The van der Waals surface area contributed by atoms with E-state index in [1.807, 2.05) is 50.5 Å². The van der Waals surface area contributed by atoms with E-state index in [0.717, 1.165) is 17.1 Å². The van der Waals surface area contributed by atoms with Crippen LogP contribution in [0, 0.1) is 6.92 Å². The fraction of sp³-hybridized carbons (Fsp3) is 0.167. The van der Waals surface area contributed by atoms with Crippen LogP contribution < -0.4 is 11.1 Å². The van der Waals surface area contributed by atoms with E-state index in [1.54, 1.807) is 4.68 Å². The van der Waals surface area contributed by atoms with Crippen LogP contribution in [0.3, 0.4) is 0 Å². The molecule has 0 amide bonds. The molecule has 0 saturated heterocycles. The Kier molecular flexibility index (Phi) is 3.09. The molecule has 0 aliphatic rings. The van der Waals surface area contributed by atoms with Gasteiger partial charge in [0, 0.05) is 12.7 Å². The zero-order valence-corrected chi connectivity index (χ0v) is 9.88. The van der Waals surface area contributed by atoms with Crippen molar-refractivity contribution in [3.63, 3.8) is 0 Å². The van der Waals surface area contributed by atoms with E-state index in [1.165, 1.54) is 0 Å². The van der Waals surface area contributed by atoms with Crippen LogP contribution >= 0.6 is 0 Å². The van der Waals surface area contributed by atoms with Crippen LogP contribution in [0.1, 0.15) is 5.69 Å². The Morgan fingerprint density at radius 2 is 2.06 bits per heavy atom. The van der Waals surface area contributed by atoms with Crippen molar-refractivity contribution in [3.05, 3.63) is 42.2 Å². The lowest BCUT2D eigenvalue weighted by Crippen LogP contribution is -2.21. The van der Waals surface area contributed by atoms with Crippen LogP contribution in [0.15, 0.2) is 41.5 Å². The molecule has 1 heterocycles. The third kappa shape index (κ3) is 2.84. The minimum absolute atomic E-state index is 0.354. The molecule has 1 aromatic carbocycles. The lowest BCUT2D eigenvalue weighted by Gasteiger charge is -2.04. The van der Waals surface area contributed by atoms with E-state index in [2.05, 4.69) is 15.4 Å². The largest absolute Gasteiger partial charge is 0.369 e. The Morgan fingerprint density at radius 3 is 2.65 bits per heavy atom. The third-order valence-electron chi connectivity index (χ3n) is 2.27. The first-order valence-corrected chi connectivity index (χ1v) is 5.31. The van der Waals surface area contributed by atoms with E-state index >= 15 is 0 Å². The van der Waals surface area contributed by atoms with E-state index in [-0.39, 0.29) is 0 Å². The number of rotatable bonds is 2. The third-order valence-corrected chi connectivity index (χ3v) is 2.27. The first-order chi connectivity index (χ1) is 8.15. The molecule has 0 radical (unpaired) electrons. The molecule has 3 N–H and O–H groups in total. The maximum absolute atomic E-state index is 5.82. The Morgan fingerprint density at radius 1 is 1.35 bits per heavy atom. The first-order valence-electron chi connectivity index (χ1n) is 5.31. The Bertz CT molecular complexity index is 527. The van der Waals surface area contributed by atoms with Gasteiger partial charge >= 0.3 is 0 Å². The standard InChI is InChI=1S/C12H15N5/c1-9-11(8-17(2)16-9)15-12(13)14-10-6-4-3-5-7-10/h3-8H,1-2H3,(H3,13,14,15). The summed E-state index contributed by atoms with van der Waals surface area (Å²) in [6.07, 6.45) is 1.83. The predicted molar refractivity (Wildman–Crippen MR) is 69.3 cm³/mol. The Hall–Kier alpha value is -2.30. The lowest BCUT2D eigenvalue weighted by molar-refractivity contribution is 0.756. The van der Waals surface area contributed by atoms with E-state index in [9.17, 15) is 0 Å². The molecule has 2 rings (SSSR count). The van der Waals surface area contributed by atoms with Gasteiger partial charge < -0.3 is 11.1 Å². The number of aryl methyl sites for hydroxylation is 2. The van der Waals surface area contributed by atoms with Crippen LogP contribution in [0.2, 0.25) is 0 Å². The Labute approximate surface area is 100.0 Å². The number of hydrogen-bond acceptors (Lipinski definition) is 2. The van der Waals surface area contributed by atoms with Crippen LogP contribution in [0.25, 0.3) is 0 Å². The summed E-state index contributed by atoms with van der Waals surface area (Å²) in [4.78, 5) is 4.27. The van der Waals surface area contributed by atoms with Gasteiger partial charge in [-0.1, -0.05) is 18.2 Å². The van der Waals surface area contributed by atoms with Gasteiger partial charge in [-0.25, -0.2) is 4.99 Å². The lowest BCUT2D eigenvalue weighted by atomic mass is 10.3. The molecule has 0 unspecified atom stereocenters. The predicted octanol–water partition coefficient (Wildman–Crippen LogP) is 1.79. The van der Waals surface area contributed by atoms with Crippen molar-refractivity contribution < 1.29 is 0 Å². The van der Waals surface area contributed by atoms with Crippen molar-refractivity contribution in [3.8, 4) is 0 Å². The summed E-state index contributed by atoms with van der Waals surface area (Å²) >= 11 is 0. The number of nitrogens with two attached hydrogens (primary N) is 1. The summed E-state index contributed by atoms with van der Waals surface area (Å²) in [5, 5.41) is 7.21. The molecule has 0 aliphatic carbocycles. The minimum Gasteiger partial charge on any atom is -0.369 e. The van der Waals surface area contributed by atoms with E-state index < -0.39 is 0 Å². The number of aromatic nitrogens is 2. The highest BCUT2D eigenvalue weighted by Crippen LogP contribution is 2.15. The highest BCUT2D eigenvalue weighted by atomic mass is 15.3. The number of para-hydroxylation sites is 1. The molecule has 2 aromatic rings. The van der Waals surface area contributed by atoms with Gasteiger partial charge in [-0.15, -0.1) is 0 Å². The Balaban J connectivity index is 2.15. The van der Waals surface area contributed by atoms with Crippen molar-refractivity contribution in [2.75, 3.05) is 5.32 Å². The van der Waals surface area contributed by atoms with Gasteiger partial charge in [0.25, 0.3) is 0 Å². The molecule has 1 aromatic heterocycles. The highest BCUT2D eigenvalue weighted by molar-refractivity contribution is 5.94. The zero-order chi connectivity index (χ0) is 12.3. The fourth-order valence-corrected chi connectivity index (χ4v) is 1.52. The summed E-state index contributed by atoms with van der Waals surface area (Å²) in [5.74, 6) is 0.354. The number of benzene rings is 1. The molecule has 0 saturated carbocycles. The summed E-state index contributed by atoms with van der Waals surface area (Å²) in [7, 11) is 1.85. The number of guanidine groups is 1. The average Bonchev–Trinajstić information content (AvgIpc) is 2.58. The van der Waals surface area contributed by atoms with Gasteiger partial charge in [0.2, 0.25) is 0 Å². The van der Waals surface area contributed by atoms with Gasteiger partial charge in [0.15, 0.2) is 5.96 Å². The maximum atomic E-state index is 5.82. The number of nitrogens with zero attached hydrogens (tertiary/aromatic N) is 3. The number of nitrogens with one attached hydrogen (secondary N) is 1. The van der Waals surface area contributed by atoms with Crippen LogP contribution in [0.4, 0.5) is 11.4 Å². The number of aliphatic imine (C=N–C) groups is 1. The molecular weight excluding hydrogens is 214 g/mol. The second-order valence-corrected chi connectivity index (χ2v) is 3.76. The average molecular weight is 229 g/mol. The summed E-state index contributed by atoms with van der Waals surface area (Å²) in [6.45, 7) is 1.90. The molecule has 5 nitrogen and oxygen atoms in total. The summed E-state index contributed by atoms with van der Waals surface area (Å²) < 4.78 is 1.71. The van der Waals surface area contributed by atoms with E-state index in [0.29, 0.717) is 5.96 Å². The molecular formula is C12H15N5. The summed E-state index contributed by atoms with van der Waals surface area (Å²) in [6, 6.07) is 9.68. The molecule has 88 valence electrons. The van der Waals surface area contributed by atoms with Crippen LogP contribution in [-0.2, 0) is 7.05 Å². The SMILES string of the molecule is Cc1nn(C)cc1N=C(N)Nc1ccccc1. The van der Waals surface area contributed by atoms with Crippen molar-refractivity contribution in [1.29, 1.82) is 0 Å². The number of hydrogen-bond donors (Lipinski definition) is 2. The van der Waals surface area contributed by atoms with Gasteiger partial charge in [0.05, 0.1) is 11.9 Å². The second-order valence-electron chi connectivity index (χ2n) is 3.76. The van der Waals surface area contributed by atoms with Crippen LogP contribution in [-0.4, -0.2) is 15.7 Å². The van der Waals surface area contributed by atoms with Gasteiger partial charge in [-0.05, 0) is 19.1 Å². The maximum Gasteiger partial charge on any atom is 0.198 e. The van der Waals surface area contributed by atoms with Crippen molar-refractivity contribution >= 4 is 17.3 Å².